The summed E-state index contributed by atoms with van der Waals surface area (Å²) < 4.78 is 0. The van der Waals surface area contributed by atoms with E-state index in [2.05, 4.69) is 0 Å². The van der Waals surface area contributed by atoms with Gasteiger partial charge in [-0.2, -0.15) is 0 Å². The second-order valence-electron chi connectivity index (χ2n) is 4.84. The average molecular weight is 354 g/mol. The number of carboxylic acid groups (broad SMARTS) is 1. The molecule has 0 heterocycles. The first-order valence-electron chi connectivity index (χ1n) is 6.19. The standard InChI is InChI=1S/C14H17NO3.Ag/c15-12(16)10-6-2-3-7-11(10)14(13(17)18)8-4-1-5-9-14;/h2-3,6-7H,1,4-5,8-9H2,(H2,15,16)(H,17,18);/q;+1/p-1. The monoisotopic (exact) mass is 353 g/mol. The SMILES string of the molecule is NC(=O)c1ccccc1C1(C(=O)[O-])CCCCC1.[Ag+]. The number of amides is 1. The van der Waals surface area contributed by atoms with Gasteiger partial charge < -0.3 is 15.6 Å². The largest absolute Gasteiger partial charge is 1.00 e. The first kappa shape index (κ1) is 16.0. The van der Waals surface area contributed by atoms with Crippen molar-refractivity contribution in [1.82, 2.24) is 0 Å². The van der Waals surface area contributed by atoms with Crippen molar-refractivity contribution in [1.29, 1.82) is 0 Å². The van der Waals surface area contributed by atoms with Crippen molar-refractivity contribution >= 4 is 11.9 Å². The molecule has 1 fully saturated rings. The maximum Gasteiger partial charge on any atom is 1.00 e. The van der Waals surface area contributed by atoms with Gasteiger partial charge in [-0.15, -0.1) is 0 Å². The number of hydrogen-bond donors (Lipinski definition) is 1. The smallest absolute Gasteiger partial charge is 0.549 e. The van der Waals surface area contributed by atoms with Crippen molar-refractivity contribution in [3.8, 4) is 0 Å². The van der Waals surface area contributed by atoms with E-state index in [1.807, 2.05) is 0 Å². The van der Waals surface area contributed by atoms with Gasteiger partial charge in [-0.3, -0.25) is 4.79 Å². The van der Waals surface area contributed by atoms with E-state index in [9.17, 15) is 14.7 Å². The van der Waals surface area contributed by atoms with Gasteiger partial charge >= 0.3 is 22.4 Å². The van der Waals surface area contributed by atoms with Gasteiger partial charge in [0.15, 0.2) is 0 Å². The molecule has 0 unspecified atom stereocenters. The fourth-order valence-corrected chi connectivity index (χ4v) is 2.85. The summed E-state index contributed by atoms with van der Waals surface area (Å²) in [7, 11) is 0. The Labute approximate surface area is 127 Å². The molecule has 0 atom stereocenters. The fourth-order valence-electron chi connectivity index (χ4n) is 2.85. The first-order chi connectivity index (χ1) is 8.58. The third-order valence-electron chi connectivity index (χ3n) is 3.81. The van der Waals surface area contributed by atoms with Crippen LogP contribution in [0.4, 0.5) is 0 Å². The second kappa shape index (κ2) is 6.37. The molecule has 1 aliphatic rings. The van der Waals surface area contributed by atoms with Gasteiger partial charge in [0.25, 0.3) is 0 Å². The Morgan fingerprint density at radius 3 is 2.21 bits per heavy atom. The second-order valence-corrected chi connectivity index (χ2v) is 4.84. The van der Waals surface area contributed by atoms with Crippen molar-refractivity contribution in [2.45, 2.75) is 37.5 Å². The minimum atomic E-state index is -1.10. The van der Waals surface area contributed by atoms with E-state index in [1.54, 1.807) is 24.3 Å². The van der Waals surface area contributed by atoms with Crippen LogP contribution >= 0.6 is 0 Å². The molecule has 2 rings (SSSR count). The number of carbonyl (C=O) groups is 2. The van der Waals surface area contributed by atoms with Gasteiger partial charge in [0.05, 0.1) is 5.97 Å². The van der Waals surface area contributed by atoms with E-state index in [-0.39, 0.29) is 22.4 Å². The topological polar surface area (TPSA) is 83.2 Å². The molecule has 1 aliphatic carbocycles. The van der Waals surface area contributed by atoms with Crippen LogP contribution in [0.25, 0.3) is 0 Å². The van der Waals surface area contributed by atoms with Crippen molar-refractivity contribution < 1.29 is 37.1 Å². The van der Waals surface area contributed by atoms with Gasteiger partial charge in [0, 0.05) is 11.0 Å². The van der Waals surface area contributed by atoms with Gasteiger partial charge in [0.2, 0.25) is 5.91 Å². The summed E-state index contributed by atoms with van der Waals surface area (Å²) in [6, 6.07) is 6.69. The molecule has 5 heteroatoms. The zero-order valence-corrected chi connectivity index (χ0v) is 11.9. The van der Waals surface area contributed by atoms with Crippen LogP contribution in [0.2, 0.25) is 0 Å². The summed E-state index contributed by atoms with van der Waals surface area (Å²) in [5.74, 6) is -1.69. The van der Waals surface area contributed by atoms with Crippen molar-refractivity contribution in [2.75, 3.05) is 0 Å². The van der Waals surface area contributed by atoms with Crippen LogP contribution in [0, 0.1) is 0 Å². The number of primary amides is 1. The number of hydrogen-bond acceptors (Lipinski definition) is 3. The van der Waals surface area contributed by atoms with Crippen LogP contribution < -0.4 is 10.8 Å². The number of nitrogens with two attached hydrogens (primary N) is 1. The van der Waals surface area contributed by atoms with Crippen LogP contribution in [0.5, 0.6) is 0 Å². The molecular weight excluding hydrogens is 338 g/mol. The Balaban J connectivity index is 0.00000180. The molecule has 0 spiro atoms. The van der Waals surface area contributed by atoms with Gasteiger partial charge in [-0.1, -0.05) is 37.5 Å². The minimum Gasteiger partial charge on any atom is -0.549 e. The maximum absolute atomic E-state index is 11.6. The van der Waals surface area contributed by atoms with E-state index in [0.29, 0.717) is 24.0 Å². The molecule has 0 radical (unpaired) electrons. The number of aliphatic carboxylic acids is 1. The molecule has 2 N–H and O–H groups in total. The van der Waals surface area contributed by atoms with Crippen molar-refractivity contribution in [2.24, 2.45) is 5.73 Å². The number of carboxylic acids is 1. The van der Waals surface area contributed by atoms with Crippen molar-refractivity contribution in [3.63, 3.8) is 0 Å². The van der Waals surface area contributed by atoms with Crippen LogP contribution in [0.1, 0.15) is 48.0 Å². The van der Waals surface area contributed by atoms with Gasteiger partial charge in [-0.25, -0.2) is 0 Å². The minimum absolute atomic E-state index is 0. The Morgan fingerprint density at radius 2 is 1.68 bits per heavy atom. The predicted molar refractivity (Wildman–Crippen MR) is 64.7 cm³/mol. The zero-order valence-electron chi connectivity index (χ0n) is 10.4. The van der Waals surface area contributed by atoms with Gasteiger partial charge in [0.1, 0.15) is 0 Å². The van der Waals surface area contributed by atoms with E-state index in [1.165, 1.54) is 0 Å². The Morgan fingerprint density at radius 1 is 1.11 bits per heavy atom. The molecule has 0 bridgehead atoms. The molecule has 0 aliphatic heterocycles. The first-order valence-corrected chi connectivity index (χ1v) is 6.19. The Kier molecular flexibility index (Phi) is 5.35. The summed E-state index contributed by atoms with van der Waals surface area (Å²) in [4.78, 5) is 23.0. The summed E-state index contributed by atoms with van der Waals surface area (Å²) >= 11 is 0. The molecule has 1 saturated carbocycles. The average Bonchev–Trinajstić information content (AvgIpc) is 2.39. The molecule has 0 saturated heterocycles. The molecule has 0 aromatic heterocycles. The third-order valence-corrected chi connectivity index (χ3v) is 3.81. The van der Waals surface area contributed by atoms with Crippen LogP contribution in [-0.2, 0) is 32.6 Å². The molecule has 1 aromatic carbocycles. The zero-order chi connectivity index (χ0) is 13.2. The Hall–Kier alpha value is -1.10. The normalized spacial score (nSPS) is 17.3. The maximum atomic E-state index is 11.6. The molecule has 19 heavy (non-hydrogen) atoms. The number of benzene rings is 1. The van der Waals surface area contributed by atoms with Crippen LogP contribution in [-0.4, -0.2) is 11.9 Å². The molecule has 106 valence electrons. The molecule has 1 amide bonds. The molecule has 1 aromatic rings. The van der Waals surface area contributed by atoms with Crippen molar-refractivity contribution in [3.05, 3.63) is 35.4 Å². The van der Waals surface area contributed by atoms with E-state index in [0.717, 1.165) is 19.3 Å². The quantitative estimate of drug-likeness (QED) is 0.813. The summed E-state index contributed by atoms with van der Waals surface area (Å²) in [6.45, 7) is 0. The Bertz CT molecular complexity index is 481. The summed E-state index contributed by atoms with van der Waals surface area (Å²) in [6.07, 6.45) is 3.72. The van der Waals surface area contributed by atoms with E-state index >= 15 is 0 Å². The van der Waals surface area contributed by atoms with E-state index < -0.39 is 17.3 Å². The van der Waals surface area contributed by atoms with E-state index in [4.69, 9.17) is 5.73 Å². The van der Waals surface area contributed by atoms with Crippen LogP contribution in [0.15, 0.2) is 24.3 Å². The fraction of sp³-hybridized carbons (Fsp3) is 0.429. The molecule has 4 nitrogen and oxygen atoms in total. The number of carbonyl (C=O) groups excluding carboxylic acids is 2. The third kappa shape index (κ3) is 2.91. The summed E-state index contributed by atoms with van der Waals surface area (Å²) in [5.41, 5.74) is 5.08. The summed E-state index contributed by atoms with van der Waals surface area (Å²) in [5, 5.41) is 11.6. The predicted octanol–water partition coefficient (Wildman–Crippen LogP) is 0.735. The number of rotatable bonds is 3. The van der Waals surface area contributed by atoms with Gasteiger partial charge in [-0.05, 0) is 24.5 Å². The van der Waals surface area contributed by atoms with Crippen LogP contribution in [0.3, 0.4) is 0 Å². The molecular formula is C14H16AgNO3.